The molecule has 0 bridgehead atoms. The normalized spacial score (nSPS) is 11.5. The smallest absolute Gasteiger partial charge is 0.268 e. The lowest BCUT2D eigenvalue weighted by Crippen LogP contribution is -2.21. The van der Waals surface area contributed by atoms with Crippen molar-refractivity contribution in [2.24, 2.45) is 0 Å². The van der Waals surface area contributed by atoms with Crippen LogP contribution in [0.4, 0.5) is 4.39 Å². The second-order valence-corrected chi connectivity index (χ2v) is 10.3. The average Bonchev–Trinajstić information content (AvgIpc) is 3.31. The molecule has 0 atom stereocenters. The Morgan fingerprint density at radius 2 is 1.67 bits per heavy atom. The Bertz CT molecular complexity index is 1650. The molecule has 0 fully saturated rings. The molecule has 5 aromatic rings. The third-order valence-electron chi connectivity index (χ3n) is 5.76. The molecule has 0 aliphatic rings. The maximum absolute atomic E-state index is 13.6. The predicted molar refractivity (Wildman–Crippen MR) is 136 cm³/mol. The van der Waals surface area contributed by atoms with E-state index in [9.17, 15) is 17.6 Å². The molecular weight excluding hydrogens is 501 g/mol. The van der Waals surface area contributed by atoms with E-state index in [1.807, 2.05) is 18.2 Å². The maximum atomic E-state index is 13.6. The molecule has 3 aromatic carbocycles. The SMILES string of the molecule is O=C(c1ccc(S(=O)(=O)n2cc(-c3cccnc3)c3ccccc32)cc1)N(Cl)Cc1ccc(F)cc1. The van der Waals surface area contributed by atoms with Gasteiger partial charge < -0.3 is 0 Å². The van der Waals surface area contributed by atoms with Gasteiger partial charge in [0.15, 0.2) is 0 Å². The van der Waals surface area contributed by atoms with Gasteiger partial charge in [-0.05, 0) is 54.1 Å². The van der Waals surface area contributed by atoms with Crippen LogP contribution in [0.5, 0.6) is 0 Å². The van der Waals surface area contributed by atoms with E-state index in [1.54, 1.807) is 36.8 Å². The minimum absolute atomic E-state index is 0.0252. The number of para-hydroxylation sites is 1. The van der Waals surface area contributed by atoms with Crippen LogP contribution >= 0.6 is 11.8 Å². The number of carbonyl (C=O) groups is 1. The Kier molecular flexibility index (Phi) is 6.30. The summed E-state index contributed by atoms with van der Waals surface area (Å²) in [5.74, 6) is -0.888. The lowest BCUT2D eigenvalue weighted by molar-refractivity contribution is 0.0857. The number of carbonyl (C=O) groups excluding carboxylic acids is 1. The summed E-state index contributed by atoms with van der Waals surface area (Å²) in [5, 5.41) is 0.777. The van der Waals surface area contributed by atoms with E-state index < -0.39 is 15.9 Å². The number of aromatic nitrogens is 2. The molecule has 1 amide bonds. The molecule has 0 unspecified atom stereocenters. The number of hydrogen-bond acceptors (Lipinski definition) is 4. The third kappa shape index (κ3) is 4.48. The quantitative estimate of drug-likeness (QED) is 0.263. The monoisotopic (exact) mass is 519 g/mol. The maximum Gasteiger partial charge on any atom is 0.268 e. The highest BCUT2D eigenvalue weighted by Gasteiger charge is 2.23. The fourth-order valence-corrected chi connectivity index (χ4v) is 5.55. The first kappa shape index (κ1) is 23.7. The molecule has 0 aliphatic carbocycles. The largest absolute Gasteiger partial charge is 0.268 e. The van der Waals surface area contributed by atoms with E-state index in [0.29, 0.717) is 11.1 Å². The van der Waals surface area contributed by atoms with Gasteiger partial charge in [0.05, 0.1) is 17.0 Å². The van der Waals surface area contributed by atoms with Crippen LogP contribution in [-0.4, -0.2) is 27.7 Å². The minimum Gasteiger partial charge on any atom is -0.268 e. The molecule has 0 saturated heterocycles. The molecule has 0 saturated carbocycles. The Labute approximate surface area is 212 Å². The molecule has 36 heavy (non-hydrogen) atoms. The Hall–Kier alpha value is -4.01. The number of nitrogens with zero attached hydrogens (tertiary/aromatic N) is 3. The number of hydrogen-bond donors (Lipinski definition) is 0. The Morgan fingerprint density at radius 1 is 0.944 bits per heavy atom. The minimum atomic E-state index is -3.97. The van der Waals surface area contributed by atoms with Gasteiger partial charge >= 0.3 is 0 Å². The van der Waals surface area contributed by atoms with Gasteiger partial charge in [-0.15, -0.1) is 0 Å². The molecule has 0 aliphatic heterocycles. The van der Waals surface area contributed by atoms with Crippen LogP contribution in [0.25, 0.3) is 22.0 Å². The van der Waals surface area contributed by atoms with Gasteiger partial charge in [-0.3, -0.25) is 9.78 Å². The molecular formula is C27H19ClFN3O3S. The number of rotatable bonds is 6. The van der Waals surface area contributed by atoms with Crippen LogP contribution in [-0.2, 0) is 16.6 Å². The van der Waals surface area contributed by atoms with Crippen LogP contribution in [0.15, 0.2) is 108 Å². The van der Waals surface area contributed by atoms with Crippen molar-refractivity contribution in [3.05, 3.63) is 120 Å². The fraction of sp³-hybridized carbons (Fsp3) is 0.0370. The van der Waals surface area contributed by atoms with Crippen LogP contribution in [0, 0.1) is 5.82 Å². The lowest BCUT2D eigenvalue weighted by atomic mass is 10.1. The van der Waals surface area contributed by atoms with E-state index in [1.165, 1.54) is 52.5 Å². The molecule has 0 radical (unpaired) electrons. The summed E-state index contributed by atoms with van der Waals surface area (Å²) in [5.41, 5.74) is 2.95. The summed E-state index contributed by atoms with van der Waals surface area (Å²) in [6.45, 7) is 0.0627. The second-order valence-electron chi connectivity index (χ2n) is 8.08. The van der Waals surface area contributed by atoms with E-state index in [-0.39, 0.29) is 22.8 Å². The van der Waals surface area contributed by atoms with Crippen molar-refractivity contribution in [1.29, 1.82) is 0 Å². The van der Waals surface area contributed by atoms with Gasteiger partial charge in [-0.25, -0.2) is 21.2 Å². The van der Waals surface area contributed by atoms with E-state index >= 15 is 0 Å². The summed E-state index contributed by atoms with van der Waals surface area (Å²) in [4.78, 5) is 16.9. The molecule has 0 spiro atoms. The molecule has 0 N–H and O–H groups in total. The van der Waals surface area contributed by atoms with Crippen molar-refractivity contribution < 1.29 is 17.6 Å². The number of pyridine rings is 1. The average molecular weight is 520 g/mol. The highest BCUT2D eigenvalue weighted by Crippen LogP contribution is 2.32. The van der Waals surface area contributed by atoms with Crippen molar-refractivity contribution in [3.8, 4) is 11.1 Å². The standard InChI is InChI=1S/C27H19ClFN3O3S/c28-31(17-19-7-11-22(29)12-8-19)27(33)20-9-13-23(14-10-20)36(34,35)32-18-25(21-4-3-15-30-16-21)24-5-1-2-6-26(24)32/h1-16,18H,17H2. The zero-order chi connectivity index (χ0) is 25.3. The molecule has 2 heterocycles. The molecule has 6 nitrogen and oxygen atoms in total. The van der Waals surface area contributed by atoms with Gasteiger partial charge in [0.1, 0.15) is 5.82 Å². The highest BCUT2D eigenvalue weighted by atomic mass is 35.5. The summed E-state index contributed by atoms with van der Waals surface area (Å²) in [6.07, 6.45) is 4.92. The Balaban J connectivity index is 1.44. The topological polar surface area (TPSA) is 72.3 Å². The third-order valence-corrected chi connectivity index (χ3v) is 7.72. The van der Waals surface area contributed by atoms with Gasteiger partial charge in [0.25, 0.3) is 15.9 Å². The van der Waals surface area contributed by atoms with Gasteiger partial charge in [0, 0.05) is 52.4 Å². The van der Waals surface area contributed by atoms with Gasteiger partial charge in [0.2, 0.25) is 0 Å². The van der Waals surface area contributed by atoms with Crippen LogP contribution in [0.2, 0.25) is 0 Å². The van der Waals surface area contributed by atoms with E-state index in [2.05, 4.69) is 4.98 Å². The predicted octanol–water partition coefficient (Wildman–Crippen LogP) is 5.88. The zero-order valence-electron chi connectivity index (χ0n) is 18.8. The van der Waals surface area contributed by atoms with Crippen LogP contribution < -0.4 is 0 Å². The highest BCUT2D eigenvalue weighted by molar-refractivity contribution is 7.90. The Morgan fingerprint density at radius 3 is 2.36 bits per heavy atom. The van der Waals surface area contributed by atoms with E-state index in [4.69, 9.17) is 11.8 Å². The number of benzene rings is 3. The van der Waals surface area contributed by atoms with Crippen molar-refractivity contribution in [1.82, 2.24) is 13.4 Å². The summed E-state index contributed by atoms with van der Waals surface area (Å²) < 4.78 is 42.5. The fourth-order valence-electron chi connectivity index (χ4n) is 3.95. The van der Waals surface area contributed by atoms with Crippen molar-refractivity contribution >= 4 is 38.6 Å². The first-order valence-electron chi connectivity index (χ1n) is 10.9. The summed E-state index contributed by atoms with van der Waals surface area (Å²) in [6, 6.07) is 22.1. The van der Waals surface area contributed by atoms with E-state index in [0.717, 1.165) is 20.9 Å². The van der Waals surface area contributed by atoms with Crippen molar-refractivity contribution in [2.45, 2.75) is 11.4 Å². The number of halogens is 2. The first-order valence-corrected chi connectivity index (χ1v) is 12.7. The summed E-state index contributed by atoms with van der Waals surface area (Å²) in [7, 11) is -3.97. The summed E-state index contributed by atoms with van der Waals surface area (Å²) >= 11 is 6.15. The number of fused-ring (bicyclic) bond motifs is 1. The van der Waals surface area contributed by atoms with Crippen molar-refractivity contribution in [3.63, 3.8) is 0 Å². The molecule has 9 heteroatoms. The van der Waals surface area contributed by atoms with Crippen molar-refractivity contribution in [2.75, 3.05) is 0 Å². The van der Waals surface area contributed by atoms with Gasteiger partial charge in [-0.2, -0.15) is 0 Å². The second kappa shape index (κ2) is 9.56. The molecule has 180 valence electrons. The van der Waals surface area contributed by atoms with Crippen LogP contribution in [0.3, 0.4) is 0 Å². The van der Waals surface area contributed by atoms with Gasteiger partial charge in [-0.1, -0.05) is 36.4 Å². The number of amides is 1. The molecule has 2 aromatic heterocycles. The first-order chi connectivity index (χ1) is 17.3. The van der Waals surface area contributed by atoms with Crippen LogP contribution in [0.1, 0.15) is 15.9 Å². The zero-order valence-corrected chi connectivity index (χ0v) is 20.3. The molecule has 5 rings (SSSR count). The lowest BCUT2D eigenvalue weighted by Gasteiger charge is -2.14.